The largest absolute Gasteiger partial charge is 0.326 e. The van der Waals surface area contributed by atoms with Crippen LogP contribution in [-0.2, 0) is 11.3 Å². The van der Waals surface area contributed by atoms with Gasteiger partial charge in [-0.05, 0) is 30.4 Å². The molecule has 0 aromatic carbocycles. The highest BCUT2D eigenvalue weighted by Crippen LogP contribution is 2.29. The third-order valence-electron chi connectivity index (χ3n) is 3.03. The summed E-state index contributed by atoms with van der Waals surface area (Å²) in [6, 6.07) is 3.67. The number of aromatic nitrogens is 1. The minimum absolute atomic E-state index is 0.0673. The van der Waals surface area contributed by atoms with E-state index in [-0.39, 0.29) is 5.91 Å². The van der Waals surface area contributed by atoms with Crippen molar-refractivity contribution < 1.29 is 4.79 Å². The van der Waals surface area contributed by atoms with Gasteiger partial charge in [0.05, 0.1) is 0 Å². The van der Waals surface area contributed by atoms with Crippen molar-refractivity contribution in [2.45, 2.75) is 32.2 Å². The van der Waals surface area contributed by atoms with Crippen molar-refractivity contribution in [1.82, 2.24) is 4.98 Å². The Kier molecular flexibility index (Phi) is 3.51. The normalized spacial score (nSPS) is 15.6. The maximum Gasteiger partial charge on any atom is 0.225 e. The number of hydrogen-bond acceptors (Lipinski definition) is 3. The molecule has 1 aromatic heterocycles. The maximum atomic E-state index is 11.6. The number of carbonyl (C=O) groups excluding carboxylic acids is 1. The van der Waals surface area contributed by atoms with Crippen molar-refractivity contribution in [3.63, 3.8) is 0 Å². The van der Waals surface area contributed by atoms with Crippen molar-refractivity contribution in [3.05, 3.63) is 23.9 Å². The van der Waals surface area contributed by atoms with Gasteiger partial charge in [0, 0.05) is 19.2 Å². The standard InChI is InChI=1S/C12H17N3O/c13-7-10-4-5-11(14-8-10)15-12(16)6-9-2-1-3-9/h4-5,8-9H,1-3,6-7,13H2,(H,14,15,16). The summed E-state index contributed by atoms with van der Waals surface area (Å²) in [6.45, 7) is 0.475. The summed E-state index contributed by atoms with van der Waals surface area (Å²) in [6.07, 6.45) is 5.96. The van der Waals surface area contributed by atoms with Gasteiger partial charge in [0.1, 0.15) is 5.82 Å². The zero-order chi connectivity index (χ0) is 11.4. The summed E-state index contributed by atoms with van der Waals surface area (Å²) in [7, 11) is 0. The lowest BCUT2D eigenvalue weighted by Crippen LogP contribution is -2.21. The summed E-state index contributed by atoms with van der Waals surface area (Å²) in [5, 5.41) is 2.80. The first-order valence-corrected chi connectivity index (χ1v) is 5.73. The number of nitrogens with two attached hydrogens (primary N) is 1. The molecule has 0 atom stereocenters. The van der Waals surface area contributed by atoms with E-state index in [1.807, 2.05) is 6.07 Å². The molecule has 1 amide bonds. The Labute approximate surface area is 95.3 Å². The van der Waals surface area contributed by atoms with E-state index >= 15 is 0 Å². The number of carbonyl (C=O) groups is 1. The summed E-state index contributed by atoms with van der Waals surface area (Å²) in [5.74, 6) is 1.27. The molecule has 4 nitrogen and oxygen atoms in total. The van der Waals surface area contributed by atoms with Gasteiger partial charge in [-0.2, -0.15) is 0 Å². The average Bonchev–Trinajstić information content (AvgIpc) is 2.25. The van der Waals surface area contributed by atoms with Gasteiger partial charge in [-0.25, -0.2) is 4.98 Å². The van der Waals surface area contributed by atoms with E-state index in [4.69, 9.17) is 5.73 Å². The van der Waals surface area contributed by atoms with Crippen LogP contribution in [0.2, 0.25) is 0 Å². The number of amides is 1. The lowest BCUT2D eigenvalue weighted by atomic mass is 9.83. The van der Waals surface area contributed by atoms with Crippen LogP contribution in [0.3, 0.4) is 0 Å². The molecule has 4 heteroatoms. The molecule has 0 bridgehead atoms. The van der Waals surface area contributed by atoms with Crippen molar-refractivity contribution in [2.75, 3.05) is 5.32 Å². The van der Waals surface area contributed by atoms with E-state index in [9.17, 15) is 4.79 Å². The molecule has 1 aliphatic rings. The zero-order valence-corrected chi connectivity index (χ0v) is 9.28. The van der Waals surface area contributed by atoms with E-state index in [1.165, 1.54) is 19.3 Å². The molecule has 86 valence electrons. The minimum atomic E-state index is 0.0673. The fourth-order valence-electron chi connectivity index (χ4n) is 1.77. The van der Waals surface area contributed by atoms with Gasteiger partial charge in [0.25, 0.3) is 0 Å². The predicted octanol–water partition coefficient (Wildman–Crippen LogP) is 1.67. The predicted molar refractivity (Wildman–Crippen MR) is 62.7 cm³/mol. The van der Waals surface area contributed by atoms with Crippen LogP contribution in [0.15, 0.2) is 18.3 Å². The molecule has 1 aliphatic carbocycles. The van der Waals surface area contributed by atoms with Gasteiger partial charge in [-0.3, -0.25) is 4.79 Å². The van der Waals surface area contributed by atoms with Gasteiger partial charge in [0.2, 0.25) is 5.91 Å². The van der Waals surface area contributed by atoms with E-state index in [1.54, 1.807) is 12.3 Å². The number of hydrogen-bond donors (Lipinski definition) is 2. The highest BCUT2D eigenvalue weighted by Gasteiger charge is 2.20. The third kappa shape index (κ3) is 2.79. The van der Waals surface area contributed by atoms with Gasteiger partial charge in [-0.15, -0.1) is 0 Å². The first kappa shape index (κ1) is 11.1. The molecule has 1 heterocycles. The zero-order valence-electron chi connectivity index (χ0n) is 9.28. The van der Waals surface area contributed by atoms with Crippen LogP contribution in [0.25, 0.3) is 0 Å². The third-order valence-corrected chi connectivity index (χ3v) is 3.03. The Morgan fingerprint density at radius 3 is 2.81 bits per heavy atom. The Morgan fingerprint density at radius 1 is 1.50 bits per heavy atom. The molecular weight excluding hydrogens is 202 g/mol. The number of pyridine rings is 1. The van der Waals surface area contributed by atoms with E-state index in [0.29, 0.717) is 24.7 Å². The van der Waals surface area contributed by atoms with Gasteiger partial charge in [0.15, 0.2) is 0 Å². The number of anilines is 1. The molecule has 2 rings (SSSR count). The first-order chi connectivity index (χ1) is 7.78. The smallest absolute Gasteiger partial charge is 0.225 e. The molecule has 3 N–H and O–H groups in total. The molecule has 0 radical (unpaired) electrons. The van der Waals surface area contributed by atoms with Crippen molar-refractivity contribution >= 4 is 11.7 Å². The average molecular weight is 219 g/mol. The Balaban J connectivity index is 1.84. The van der Waals surface area contributed by atoms with Crippen LogP contribution in [0, 0.1) is 5.92 Å². The summed E-state index contributed by atoms with van der Waals surface area (Å²) in [4.78, 5) is 15.7. The molecule has 0 spiro atoms. The van der Waals surface area contributed by atoms with Gasteiger partial charge < -0.3 is 11.1 Å². The molecule has 1 saturated carbocycles. The second-order valence-corrected chi connectivity index (χ2v) is 4.31. The Morgan fingerprint density at radius 2 is 2.31 bits per heavy atom. The highest BCUT2D eigenvalue weighted by molar-refractivity contribution is 5.89. The minimum Gasteiger partial charge on any atom is -0.326 e. The van der Waals surface area contributed by atoms with Crippen LogP contribution in [-0.4, -0.2) is 10.9 Å². The second kappa shape index (κ2) is 5.07. The topological polar surface area (TPSA) is 68.0 Å². The molecule has 0 unspecified atom stereocenters. The molecule has 0 aliphatic heterocycles. The van der Waals surface area contributed by atoms with Crippen LogP contribution in [0.1, 0.15) is 31.2 Å². The van der Waals surface area contributed by atoms with Crippen LogP contribution in [0.5, 0.6) is 0 Å². The molecular formula is C12H17N3O. The fraction of sp³-hybridized carbons (Fsp3) is 0.500. The van der Waals surface area contributed by atoms with E-state index < -0.39 is 0 Å². The van der Waals surface area contributed by atoms with Crippen molar-refractivity contribution in [1.29, 1.82) is 0 Å². The number of rotatable bonds is 4. The molecule has 16 heavy (non-hydrogen) atoms. The second-order valence-electron chi connectivity index (χ2n) is 4.31. The number of nitrogens with zero attached hydrogens (tertiary/aromatic N) is 1. The van der Waals surface area contributed by atoms with E-state index in [2.05, 4.69) is 10.3 Å². The van der Waals surface area contributed by atoms with E-state index in [0.717, 1.165) is 5.56 Å². The van der Waals surface area contributed by atoms with Gasteiger partial charge in [-0.1, -0.05) is 12.5 Å². The monoisotopic (exact) mass is 219 g/mol. The van der Waals surface area contributed by atoms with Crippen LogP contribution >= 0.6 is 0 Å². The molecule has 0 saturated heterocycles. The lowest BCUT2D eigenvalue weighted by molar-refractivity contribution is -0.117. The lowest BCUT2D eigenvalue weighted by Gasteiger charge is -2.24. The van der Waals surface area contributed by atoms with Crippen LogP contribution < -0.4 is 11.1 Å². The van der Waals surface area contributed by atoms with Crippen LogP contribution in [0.4, 0.5) is 5.82 Å². The van der Waals surface area contributed by atoms with Crippen molar-refractivity contribution in [2.24, 2.45) is 11.7 Å². The van der Waals surface area contributed by atoms with Gasteiger partial charge >= 0.3 is 0 Å². The Bertz CT molecular complexity index is 357. The molecule has 1 fully saturated rings. The SMILES string of the molecule is NCc1ccc(NC(=O)CC2CCC2)nc1. The van der Waals surface area contributed by atoms with Crippen molar-refractivity contribution in [3.8, 4) is 0 Å². The summed E-state index contributed by atoms with van der Waals surface area (Å²) >= 11 is 0. The summed E-state index contributed by atoms with van der Waals surface area (Å²) in [5.41, 5.74) is 6.43. The Hall–Kier alpha value is -1.42. The number of nitrogens with one attached hydrogen (secondary N) is 1. The fourth-order valence-corrected chi connectivity index (χ4v) is 1.77. The quantitative estimate of drug-likeness (QED) is 0.809. The molecule has 1 aromatic rings. The summed E-state index contributed by atoms with van der Waals surface area (Å²) < 4.78 is 0. The first-order valence-electron chi connectivity index (χ1n) is 5.73. The maximum absolute atomic E-state index is 11.6. The highest BCUT2D eigenvalue weighted by atomic mass is 16.1.